The highest BCUT2D eigenvalue weighted by molar-refractivity contribution is 5.81. The largest absolute Gasteiger partial charge is 0.449 e. The monoisotopic (exact) mass is 440 g/mol. The quantitative estimate of drug-likeness (QED) is 0.549. The fourth-order valence-corrected chi connectivity index (χ4v) is 3.04. The third-order valence-corrected chi connectivity index (χ3v) is 4.38. The van der Waals surface area contributed by atoms with Crippen molar-refractivity contribution in [2.24, 2.45) is 0 Å². The molecule has 31 heavy (non-hydrogen) atoms. The van der Waals surface area contributed by atoms with E-state index in [1.54, 1.807) is 0 Å². The average Bonchev–Trinajstić information content (AvgIpc) is 3.06. The normalized spacial score (nSPS) is 12.0. The predicted octanol–water partition coefficient (Wildman–Crippen LogP) is 4.52. The van der Waals surface area contributed by atoms with E-state index in [1.807, 2.05) is 6.07 Å². The molecule has 0 spiro atoms. The van der Waals surface area contributed by atoms with Gasteiger partial charge in [0.25, 0.3) is 0 Å². The van der Waals surface area contributed by atoms with Crippen LogP contribution in [0.3, 0.4) is 0 Å². The number of nitrogens with zero attached hydrogens (tertiary/aromatic N) is 4. The van der Waals surface area contributed by atoms with Gasteiger partial charge in [-0.25, -0.2) is 4.98 Å². The lowest BCUT2D eigenvalue weighted by atomic mass is 10.1. The number of alkyl halides is 6. The summed E-state index contributed by atoms with van der Waals surface area (Å²) in [5, 5.41) is 8.81. The zero-order valence-corrected chi connectivity index (χ0v) is 15.7. The van der Waals surface area contributed by atoms with E-state index in [0.717, 1.165) is 0 Å². The molecular weight excluding hydrogens is 426 g/mol. The topological polar surface area (TPSA) is 61.9 Å². The molecule has 0 fully saturated rings. The van der Waals surface area contributed by atoms with Crippen molar-refractivity contribution >= 4 is 16.9 Å². The molecule has 1 amide bonds. The van der Waals surface area contributed by atoms with Gasteiger partial charge in [-0.15, -0.1) is 0 Å². The van der Waals surface area contributed by atoms with Crippen LogP contribution in [0.1, 0.15) is 17.0 Å². The SMILES string of the molecule is N#Cc1ccc(CN(CC(F)(F)F)C(=O)Cn2c(C(F)(F)F)nc3ccccc32)cc1. The Balaban J connectivity index is 1.94. The minimum Gasteiger partial charge on any atom is -0.328 e. The summed E-state index contributed by atoms with van der Waals surface area (Å²) in [7, 11) is 0. The van der Waals surface area contributed by atoms with E-state index in [-0.39, 0.29) is 16.6 Å². The van der Waals surface area contributed by atoms with Crippen molar-refractivity contribution in [2.75, 3.05) is 6.54 Å². The number of imidazole rings is 1. The van der Waals surface area contributed by atoms with E-state index in [1.165, 1.54) is 48.5 Å². The molecule has 3 rings (SSSR count). The van der Waals surface area contributed by atoms with Gasteiger partial charge in [-0.2, -0.15) is 31.6 Å². The van der Waals surface area contributed by atoms with Crippen LogP contribution in [-0.2, 0) is 24.1 Å². The Bertz CT molecular complexity index is 1130. The number of rotatable bonds is 5. The molecule has 2 aromatic carbocycles. The second-order valence-corrected chi connectivity index (χ2v) is 6.68. The molecule has 1 heterocycles. The molecule has 0 bridgehead atoms. The number of benzene rings is 2. The number of carbonyl (C=O) groups is 1. The molecular formula is C20H14F6N4O. The van der Waals surface area contributed by atoms with Crippen LogP contribution >= 0.6 is 0 Å². The zero-order valence-electron chi connectivity index (χ0n) is 15.7. The van der Waals surface area contributed by atoms with Gasteiger partial charge in [0.1, 0.15) is 13.1 Å². The highest BCUT2D eigenvalue weighted by Gasteiger charge is 2.39. The minimum absolute atomic E-state index is 0.0199. The van der Waals surface area contributed by atoms with Crippen molar-refractivity contribution in [3.8, 4) is 6.07 Å². The standard InChI is InChI=1S/C20H14F6N4O/c21-19(22,23)12-29(10-14-7-5-13(9-27)6-8-14)17(31)11-30-16-4-2-1-3-15(16)28-18(30)20(24,25)26/h1-8H,10-12H2. The number of aromatic nitrogens is 2. The summed E-state index contributed by atoms with van der Waals surface area (Å²) in [5.41, 5.74) is 0.519. The van der Waals surface area contributed by atoms with Gasteiger partial charge < -0.3 is 9.47 Å². The van der Waals surface area contributed by atoms with Gasteiger partial charge in [0, 0.05) is 6.54 Å². The molecule has 0 aliphatic heterocycles. The van der Waals surface area contributed by atoms with Gasteiger partial charge in [0.05, 0.1) is 22.7 Å². The van der Waals surface area contributed by atoms with Crippen LogP contribution in [0.15, 0.2) is 48.5 Å². The lowest BCUT2D eigenvalue weighted by Gasteiger charge is -2.25. The molecule has 1 aromatic heterocycles. The smallest absolute Gasteiger partial charge is 0.328 e. The van der Waals surface area contributed by atoms with Crippen molar-refractivity contribution < 1.29 is 31.1 Å². The molecule has 3 aromatic rings. The predicted molar refractivity (Wildman–Crippen MR) is 97.4 cm³/mol. The van der Waals surface area contributed by atoms with Gasteiger partial charge in [-0.05, 0) is 29.8 Å². The zero-order chi connectivity index (χ0) is 22.8. The molecule has 0 atom stereocenters. The van der Waals surface area contributed by atoms with Gasteiger partial charge in [0.2, 0.25) is 11.7 Å². The Kier molecular flexibility index (Phi) is 5.92. The van der Waals surface area contributed by atoms with E-state index in [2.05, 4.69) is 4.98 Å². The summed E-state index contributed by atoms with van der Waals surface area (Å²) < 4.78 is 80.0. The number of carbonyl (C=O) groups excluding carboxylic acids is 1. The van der Waals surface area contributed by atoms with Gasteiger partial charge in [-0.1, -0.05) is 24.3 Å². The molecule has 0 N–H and O–H groups in total. The van der Waals surface area contributed by atoms with E-state index in [0.29, 0.717) is 15.0 Å². The van der Waals surface area contributed by atoms with Crippen molar-refractivity contribution in [1.82, 2.24) is 14.5 Å². The number of fused-ring (bicyclic) bond motifs is 1. The first-order valence-electron chi connectivity index (χ1n) is 8.84. The van der Waals surface area contributed by atoms with Crippen LogP contribution in [0.25, 0.3) is 11.0 Å². The van der Waals surface area contributed by atoms with Crippen LogP contribution < -0.4 is 0 Å². The number of halogens is 6. The number of para-hydroxylation sites is 2. The summed E-state index contributed by atoms with van der Waals surface area (Å²) >= 11 is 0. The second-order valence-electron chi connectivity index (χ2n) is 6.68. The molecule has 0 radical (unpaired) electrons. The van der Waals surface area contributed by atoms with E-state index in [4.69, 9.17) is 5.26 Å². The summed E-state index contributed by atoms with van der Waals surface area (Å²) in [6.07, 6.45) is -9.66. The van der Waals surface area contributed by atoms with E-state index in [9.17, 15) is 31.1 Å². The van der Waals surface area contributed by atoms with Gasteiger partial charge >= 0.3 is 12.4 Å². The third-order valence-electron chi connectivity index (χ3n) is 4.38. The van der Waals surface area contributed by atoms with Crippen LogP contribution in [-0.4, -0.2) is 33.1 Å². The molecule has 11 heteroatoms. The van der Waals surface area contributed by atoms with E-state index < -0.39 is 43.7 Å². The maximum Gasteiger partial charge on any atom is 0.449 e. The van der Waals surface area contributed by atoms with Crippen molar-refractivity contribution in [3.05, 3.63) is 65.5 Å². The Hall–Kier alpha value is -3.55. The Morgan fingerprint density at radius 3 is 2.26 bits per heavy atom. The lowest BCUT2D eigenvalue weighted by molar-refractivity contribution is -0.164. The summed E-state index contributed by atoms with van der Waals surface area (Å²) in [4.78, 5) is 16.6. The molecule has 162 valence electrons. The molecule has 0 aliphatic carbocycles. The highest BCUT2D eigenvalue weighted by Crippen LogP contribution is 2.31. The highest BCUT2D eigenvalue weighted by atomic mass is 19.4. The van der Waals surface area contributed by atoms with E-state index >= 15 is 0 Å². The number of hydrogen-bond donors (Lipinski definition) is 0. The van der Waals surface area contributed by atoms with Crippen molar-refractivity contribution in [3.63, 3.8) is 0 Å². The Morgan fingerprint density at radius 2 is 1.68 bits per heavy atom. The van der Waals surface area contributed by atoms with Gasteiger partial charge in [-0.3, -0.25) is 4.79 Å². The molecule has 5 nitrogen and oxygen atoms in total. The maximum absolute atomic E-state index is 13.4. The number of amides is 1. The third kappa shape index (κ3) is 5.33. The first kappa shape index (κ1) is 22.1. The Morgan fingerprint density at radius 1 is 1.03 bits per heavy atom. The average molecular weight is 440 g/mol. The first-order chi connectivity index (χ1) is 14.5. The van der Waals surface area contributed by atoms with Crippen LogP contribution in [0, 0.1) is 11.3 Å². The van der Waals surface area contributed by atoms with Gasteiger partial charge in [0.15, 0.2) is 0 Å². The minimum atomic E-state index is -4.90. The van der Waals surface area contributed by atoms with Crippen molar-refractivity contribution in [2.45, 2.75) is 25.4 Å². The molecule has 0 saturated heterocycles. The maximum atomic E-state index is 13.4. The summed E-state index contributed by atoms with van der Waals surface area (Å²) in [6.45, 7) is -3.10. The van der Waals surface area contributed by atoms with Crippen LogP contribution in [0.5, 0.6) is 0 Å². The first-order valence-corrected chi connectivity index (χ1v) is 8.84. The molecule has 0 aliphatic rings. The van der Waals surface area contributed by atoms with Crippen LogP contribution in [0.2, 0.25) is 0 Å². The van der Waals surface area contributed by atoms with Crippen LogP contribution in [0.4, 0.5) is 26.3 Å². The summed E-state index contributed by atoms with van der Waals surface area (Å²) in [5.74, 6) is -2.53. The second kappa shape index (κ2) is 8.29. The molecule has 0 unspecified atom stereocenters. The fourth-order valence-electron chi connectivity index (χ4n) is 3.04. The van der Waals surface area contributed by atoms with Crippen molar-refractivity contribution in [1.29, 1.82) is 5.26 Å². The number of nitriles is 1. The Labute approximate surface area is 172 Å². The fraction of sp³-hybridized carbons (Fsp3) is 0.250. The number of hydrogen-bond acceptors (Lipinski definition) is 3. The lowest BCUT2D eigenvalue weighted by Crippen LogP contribution is -2.40. The molecule has 0 saturated carbocycles. The summed E-state index contributed by atoms with van der Waals surface area (Å²) in [6, 6.07) is 12.9.